The number of rotatable bonds is 4. The van der Waals surface area contributed by atoms with Gasteiger partial charge < -0.3 is 5.32 Å². The molecule has 30 heavy (non-hydrogen) atoms. The van der Waals surface area contributed by atoms with E-state index in [-0.39, 0.29) is 17.3 Å². The molecule has 6 nitrogen and oxygen atoms in total. The van der Waals surface area contributed by atoms with E-state index in [4.69, 9.17) is 0 Å². The molecule has 3 aromatic carbocycles. The fraction of sp³-hybridized carbons (Fsp3) is 0.143. The molecule has 0 fully saturated rings. The van der Waals surface area contributed by atoms with Crippen LogP contribution in [0.5, 0.6) is 0 Å². The van der Waals surface area contributed by atoms with Crippen molar-refractivity contribution in [3.63, 3.8) is 0 Å². The van der Waals surface area contributed by atoms with Crippen LogP contribution < -0.4 is 5.32 Å². The zero-order valence-corrected chi connectivity index (χ0v) is 15.8. The number of anilines is 1. The number of carbonyl (C=O) groups is 1. The minimum absolute atomic E-state index is 0.00547. The van der Waals surface area contributed by atoms with Crippen molar-refractivity contribution in [2.45, 2.75) is 19.1 Å². The summed E-state index contributed by atoms with van der Waals surface area (Å²) in [6, 6.07) is 17.0. The summed E-state index contributed by atoms with van der Waals surface area (Å²) in [5.74, 6) is -0.370. The van der Waals surface area contributed by atoms with E-state index in [0.29, 0.717) is 5.69 Å². The largest absolute Gasteiger partial charge is 0.416 e. The van der Waals surface area contributed by atoms with Gasteiger partial charge >= 0.3 is 6.18 Å². The Hall–Kier alpha value is -3.75. The zero-order chi connectivity index (χ0) is 21.3. The molecule has 0 bridgehead atoms. The summed E-state index contributed by atoms with van der Waals surface area (Å²) >= 11 is 0. The zero-order valence-electron chi connectivity index (χ0n) is 15.8. The normalized spacial score (nSPS) is 12.7. The van der Waals surface area contributed by atoms with Gasteiger partial charge in [0.2, 0.25) is 5.82 Å². The lowest BCUT2D eigenvalue weighted by molar-refractivity contribution is -0.137. The highest BCUT2D eigenvalue weighted by molar-refractivity contribution is 6.03. The first kappa shape index (κ1) is 19.6. The highest BCUT2D eigenvalue weighted by Crippen LogP contribution is 2.31. The quantitative estimate of drug-likeness (QED) is 0.528. The second-order valence-electron chi connectivity index (χ2n) is 6.70. The summed E-state index contributed by atoms with van der Waals surface area (Å²) < 4.78 is 38.8. The first-order chi connectivity index (χ1) is 14.3. The summed E-state index contributed by atoms with van der Waals surface area (Å²) in [6.45, 7) is 1.58. The van der Waals surface area contributed by atoms with Gasteiger partial charge in [-0.05, 0) is 35.7 Å². The number of amides is 1. The third-order valence-electron chi connectivity index (χ3n) is 4.65. The summed E-state index contributed by atoms with van der Waals surface area (Å²) in [6.07, 6.45) is -4.47. The second-order valence-corrected chi connectivity index (χ2v) is 6.70. The molecule has 1 heterocycles. The molecule has 0 aliphatic heterocycles. The lowest BCUT2D eigenvalue weighted by atomic mass is 10.1. The fourth-order valence-corrected chi connectivity index (χ4v) is 3.02. The fourth-order valence-electron chi connectivity index (χ4n) is 3.02. The van der Waals surface area contributed by atoms with Gasteiger partial charge in [0.25, 0.3) is 5.91 Å². The molecule has 1 amide bonds. The number of nitrogens with zero attached hydrogens (tertiary/aromatic N) is 4. The van der Waals surface area contributed by atoms with Crippen LogP contribution >= 0.6 is 0 Å². The van der Waals surface area contributed by atoms with Gasteiger partial charge in [-0.2, -0.15) is 18.0 Å². The third kappa shape index (κ3) is 3.86. The second kappa shape index (κ2) is 7.58. The van der Waals surface area contributed by atoms with E-state index in [1.54, 1.807) is 13.0 Å². The SMILES string of the molecule is CC(C(=O)Nc1cccc2ccccc12)n1nnc(-c2cccc(C(F)(F)F)c2)n1. The van der Waals surface area contributed by atoms with Crippen LogP contribution in [0, 0.1) is 0 Å². The molecule has 0 radical (unpaired) electrons. The Kier molecular flexibility index (Phi) is 4.94. The van der Waals surface area contributed by atoms with Crippen LogP contribution in [-0.2, 0) is 11.0 Å². The number of nitrogens with one attached hydrogen (secondary N) is 1. The first-order valence-corrected chi connectivity index (χ1v) is 9.09. The summed E-state index contributed by atoms with van der Waals surface area (Å²) in [4.78, 5) is 13.8. The van der Waals surface area contributed by atoms with Crippen molar-refractivity contribution in [2.75, 3.05) is 5.32 Å². The van der Waals surface area contributed by atoms with E-state index in [2.05, 4.69) is 20.7 Å². The molecule has 0 saturated carbocycles. The highest BCUT2D eigenvalue weighted by Gasteiger charge is 2.31. The molecular weight excluding hydrogens is 395 g/mol. The van der Waals surface area contributed by atoms with E-state index in [1.807, 2.05) is 36.4 Å². The smallest absolute Gasteiger partial charge is 0.324 e. The highest BCUT2D eigenvalue weighted by atomic mass is 19.4. The summed E-state index contributed by atoms with van der Waals surface area (Å²) in [5.41, 5.74) is -0.000925. The molecule has 4 rings (SSSR count). The molecule has 4 aromatic rings. The van der Waals surface area contributed by atoms with Gasteiger partial charge in [0, 0.05) is 16.6 Å². The summed E-state index contributed by atoms with van der Waals surface area (Å²) in [7, 11) is 0. The van der Waals surface area contributed by atoms with Crippen molar-refractivity contribution < 1.29 is 18.0 Å². The summed E-state index contributed by atoms with van der Waals surface area (Å²) in [5, 5.41) is 16.5. The number of hydrogen-bond acceptors (Lipinski definition) is 4. The predicted molar refractivity (Wildman–Crippen MR) is 106 cm³/mol. The number of benzene rings is 3. The minimum atomic E-state index is -4.47. The lowest BCUT2D eigenvalue weighted by Crippen LogP contribution is -2.25. The molecule has 0 spiro atoms. The lowest BCUT2D eigenvalue weighted by Gasteiger charge is -2.12. The van der Waals surface area contributed by atoms with Crippen molar-refractivity contribution in [1.29, 1.82) is 0 Å². The molecule has 1 N–H and O–H groups in total. The van der Waals surface area contributed by atoms with Crippen LogP contribution in [-0.4, -0.2) is 26.1 Å². The molecule has 0 aliphatic carbocycles. The Labute approximate surface area is 169 Å². The van der Waals surface area contributed by atoms with Gasteiger partial charge in [-0.25, -0.2) is 0 Å². The number of fused-ring (bicyclic) bond motifs is 1. The van der Waals surface area contributed by atoms with Crippen molar-refractivity contribution in [3.05, 3.63) is 72.3 Å². The molecule has 1 atom stereocenters. The maximum Gasteiger partial charge on any atom is 0.416 e. The Morgan fingerprint density at radius 3 is 2.57 bits per heavy atom. The number of tetrazole rings is 1. The van der Waals surface area contributed by atoms with E-state index in [1.165, 1.54) is 12.1 Å². The third-order valence-corrected chi connectivity index (χ3v) is 4.65. The average molecular weight is 411 g/mol. The van der Waals surface area contributed by atoms with Crippen LogP contribution in [0.15, 0.2) is 66.7 Å². The number of aromatic nitrogens is 4. The molecule has 1 aromatic heterocycles. The molecule has 9 heteroatoms. The van der Waals surface area contributed by atoms with Crippen LogP contribution in [0.2, 0.25) is 0 Å². The van der Waals surface area contributed by atoms with E-state index in [0.717, 1.165) is 27.7 Å². The average Bonchev–Trinajstić information content (AvgIpc) is 3.23. The van der Waals surface area contributed by atoms with E-state index >= 15 is 0 Å². The van der Waals surface area contributed by atoms with Crippen molar-refractivity contribution in [2.24, 2.45) is 0 Å². The van der Waals surface area contributed by atoms with Crippen LogP contribution in [0.4, 0.5) is 18.9 Å². The van der Waals surface area contributed by atoms with Crippen LogP contribution in [0.1, 0.15) is 18.5 Å². The Bertz CT molecular complexity index is 1210. The van der Waals surface area contributed by atoms with Gasteiger partial charge in [-0.3, -0.25) is 4.79 Å². The van der Waals surface area contributed by atoms with Gasteiger partial charge in [-0.1, -0.05) is 48.5 Å². The molecule has 152 valence electrons. The van der Waals surface area contributed by atoms with Crippen molar-refractivity contribution >= 4 is 22.4 Å². The predicted octanol–water partition coefficient (Wildman–Crippen LogP) is 4.71. The minimum Gasteiger partial charge on any atom is -0.324 e. The Balaban J connectivity index is 1.55. The van der Waals surface area contributed by atoms with Crippen LogP contribution in [0.25, 0.3) is 22.2 Å². The molecule has 0 saturated heterocycles. The van der Waals surface area contributed by atoms with Crippen molar-refractivity contribution in [3.8, 4) is 11.4 Å². The molecule has 1 unspecified atom stereocenters. The first-order valence-electron chi connectivity index (χ1n) is 9.09. The van der Waals surface area contributed by atoms with Gasteiger partial charge in [-0.15, -0.1) is 10.2 Å². The maximum absolute atomic E-state index is 12.9. The van der Waals surface area contributed by atoms with Gasteiger partial charge in [0.05, 0.1) is 5.56 Å². The maximum atomic E-state index is 12.9. The number of hydrogen-bond donors (Lipinski definition) is 1. The van der Waals surface area contributed by atoms with E-state index in [9.17, 15) is 18.0 Å². The number of halogens is 3. The Morgan fingerprint density at radius 1 is 1.03 bits per heavy atom. The monoisotopic (exact) mass is 411 g/mol. The van der Waals surface area contributed by atoms with E-state index < -0.39 is 17.8 Å². The Morgan fingerprint density at radius 2 is 1.77 bits per heavy atom. The molecule has 0 aliphatic rings. The van der Waals surface area contributed by atoms with Crippen molar-refractivity contribution in [1.82, 2.24) is 20.2 Å². The van der Waals surface area contributed by atoms with Crippen LogP contribution in [0.3, 0.4) is 0 Å². The topological polar surface area (TPSA) is 72.7 Å². The van der Waals surface area contributed by atoms with Gasteiger partial charge in [0.15, 0.2) is 0 Å². The number of carbonyl (C=O) groups excluding carboxylic acids is 1. The number of alkyl halides is 3. The van der Waals surface area contributed by atoms with Gasteiger partial charge in [0.1, 0.15) is 6.04 Å². The molecular formula is C21H16F3N5O. The standard InChI is InChI=1S/C21H16F3N5O/c1-13(20(30)25-18-11-5-7-14-6-2-3-10-17(14)18)29-27-19(26-28-29)15-8-4-9-16(12-15)21(22,23)24/h2-13H,1H3,(H,25,30).